The van der Waals surface area contributed by atoms with Crippen molar-refractivity contribution in [1.82, 2.24) is 0 Å². The van der Waals surface area contributed by atoms with Gasteiger partial charge in [0.2, 0.25) is 0 Å². The second-order valence-corrected chi connectivity index (χ2v) is 2.56. The van der Waals surface area contributed by atoms with Crippen LogP contribution in [-0.2, 0) is 0 Å². The molecule has 0 aromatic heterocycles. The highest BCUT2D eigenvalue weighted by molar-refractivity contribution is 9.10. The summed E-state index contributed by atoms with van der Waals surface area (Å²) >= 11 is 3.26. The van der Waals surface area contributed by atoms with E-state index in [1.807, 2.05) is 12.1 Å². The minimum absolute atomic E-state index is 0.561. The lowest BCUT2D eigenvalue weighted by Gasteiger charge is -1.93. The number of hydrogen-bond acceptors (Lipinski definition) is 2. The second kappa shape index (κ2) is 3.23. The lowest BCUT2D eigenvalue weighted by Crippen LogP contribution is -1.79. The zero-order chi connectivity index (χ0) is 7.40. The van der Waals surface area contributed by atoms with Gasteiger partial charge in [0.1, 0.15) is 5.75 Å². The van der Waals surface area contributed by atoms with E-state index >= 15 is 0 Å². The molecular weight excluding hydrogens is 194 g/mol. The predicted molar refractivity (Wildman–Crippen MR) is 40.4 cm³/mol. The largest absolute Gasteiger partial charge is 0.388 e. The van der Waals surface area contributed by atoms with Crippen molar-refractivity contribution in [3.05, 3.63) is 28.7 Å². The maximum Gasteiger partial charge on any atom is 0.292 e. The molecule has 0 saturated carbocycles. The van der Waals surface area contributed by atoms with Gasteiger partial charge in [-0.25, -0.2) is 0 Å². The molecule has 0 N–H and O–H groups in total. The van der Waals surface area contributed by atoms with Crippen LogP contribution < -0.4 is 4.74 Å². The molecule has 1 aromatic carbocycles. The maximum absolute atomic E-state index is 8.11. The first-order valence-electron chi connectivity index (χ1n) is 2.64. The van der Waals surface area contributed by atoms with Gasteiger partial charge in [0.25, 0.3) is 6.26 Å². The zero-order valence-corrected chi connectivity index (χ0v) is 6.63. The lowest BCUT2D eigenvalue weighted by molar-refractivity contribution is 0.507. The first kappa shape index (κ1) is 7.10. The molecule has 0 unspecified atom stereocenters. The Bertz CT molecular complexity index is 249. The SMILES string of the molecule is N#COc1ccc(Br)cc1. The summed E-state index contributed by atoms with van der Waals surface area (Å²) in [5, 5.41) is 8.11. The predicted octanol–water partition coefficient (Wildman–Crippen LogP) is 2.31. The van der Waals surface area contributed by atoms with Crippen molar-refractivity contribution in [2.24, 2.45) is 0 Å². The summed E-state index contributed by atoms with van der Waals surface area (Å²) in [6.45, 7) is 0. The van der Waals surface area contributed by atoms with Crippen molar-refractivity contribution in [2.45, 2.75) is 0 Å². The van der Waals surface area contributed by atoms with Gasteiger partial charge in [0.05, 0.1) is 0 Å². The average Bonchev–Trinajstić information content (AvgIpc) is 1.95. The van der Waals surface area contributed by atoms with Crippen molar-refractivity contribution < 1.29 is 4.74 Å². The standard InChI is InChI=1S/C7H4BrNO/c8-6-1-3-7(4-2-6)10-5-9/h1-4H. The van der Waals surface area contributed by atoms with Crippen LogP contribution in [0.5, 0.6) is 5.75 Å². The van der Waals surface area contributed by atoms with E-state index in [9.17, 15) is 0 Å². The molecule has 2 nitrogen and oxygen atoms in total. The van der Waals surface area contributed by atoms with E-state index in [2.05, 4.69) is 20.7 Å². The van der Waals surface area contributed by atoms with Gasteiger partial charge in [0, 0.05) is 4.47 Å². The summed E-state index contributed by atoms with van der Waals surface area (Å²) in [6, 6.07) is 7.06. The van der Waals surface area contributed by atoms with E-state index in [4.69, 9.17) is 5.26 Å². The number of rotatable bonds is 1. The Hall–Kier alpha value is -1.01. The minimum Gasteiger partial charge on any atom is -0.388 e. The summed E-state index contributed by atoms with van der Waals surface area (Å²) in [5.41, 5.74) is 0. The first-order chi connectivity index (χ1) is 4.83. The van der Waals surface area contributed by atoms with E-state index in [0.717, 1.165) is 4.47 Å². The Morgan fingerprint density at radius 1 is 1.30 bits per heavy atom. The Kier molecular flexibility index (Phi) is 2.30. The van der Waals surface area contributed by atoms with E-state index in [-0.39, 0.29) is 0 Å². The molecule has 3 heteroatoms. The molecule has 0 atom stereocenters. The fourth-order valence-electron chi connectivity index (χ4n) is 0.555. The third-order valence-corrected chi connectivity index (χ3v) is 1.51. The molecule has 0 spiro atoms. The Balaban J connectivity index is 2.81. The van der Waals surface area contributed by atoms with Crippen LogP contribution in [0.25, 0.3) is 0 Å². The van der Waals surface area contributed by atoms with Gasteiger partial charge in [-0.05, 0) is 24.3 Å². The highest BCUT2D eigenvalue weighted by atomic mass is 79.9. The third kappa shape index (κ3) is 1.74. The summed E-state index contributed by atoms with van der Waals surface area (Å²) in [6.07, 6.45) is 1.59. The van der Waals surface area contributed by atoms with Gasteiger partial charge in [-0.1, -0.05) is 15.9 Å². The Morgan fingerprint density at radius 3 is 2.40 bits per heavy atom. The van der Waals surface area contributed by atoms with Crippen LogP contribution in [0, 0.1) is 11.5 Å². The van der Waals surface area contributed by atoms with Crippen LogP contribution in [0.15, 0.2) is 28.7 Å². The molecule has 0 aliphatic rings. The molecule has 0 amide bonds. The molecule has 10 heavy (non-hydrogen) atoms. The number of benzene rings is 1. The van der Waals surface area contributed by atoms with Gasteiger partial charge in [0.15, 0.2) is 0 Å². The molecular formula is C7H4BrNO. The van der Waals surface area contributed by atoms with Gasteiger partial charge in [-0.2, -0.15) is 0 Å². The highest BCUT2D eigenvalue weighted by Crippen LogP contribution is 2.15. The van der Waals surface area contributed by atoms with Crippen LogP contribution in [0.1, 0.15) is 0 Å². The quantitative estimate of drug-likeness (QED) is 0.648. The Labute approximate surface area is 67.2 Å². The van der Waals surface area contributed by atoms with Crippen LogP contribution in [0.4, 0.5) is 0 Å². The van der Waals surface area contributed by atoms with Crippen molar-refractivity contribution in [2.75, 3.05) is 0 Å². The van der Waals surface area contributed by atoms with Crippen molar-refractivity contribution >= 4 is 15.9 Å². The first-order valence-corrected chi connectivity index (χ1v) is 3.44. The fourth-order valence-corrected chi connectivity index (χ4v) is 0.820. The molecule has 0 radical (unpaired) electrons. The van der Waals surface area contributed by atoms with Crippen LogP contribution in [-0.4, -0.2) is 0 Å². The molecule has 1 aromatic rings. The van der Waals surface area contributed by atoms with Gasteiger partial charge in [-0.15, -0.1) is 5.26 Å². The average molecular weight is 198 g/mol. The van der Waals surface area contributed by atoms with E-state index < -0.39 is 0 Å². The van der Waals surface area contributed by atoms with Gasteiger partial charge >= 0.3 is 0 Å². The molecule has 50 valence electrons. The summed E-state index contributed by atoms with van der Waals surface area (Å²) < 4.78 is 5.52. The molecule has 0 fully saturated rings. The van der Waals surface area contributed by atoms with E-state index in [0.29, 0.717) is 5.75 Å². The van der Waals surface area contributed by atoms with Crippen LogP contribution >= 0.6 is 15.9 Å². The lowest BCUT2D eigenvalue weighted by atomic mass is 10.3. The van der Waals surface area contributed by atoms with Gasteiger partial charge < -0.3 is 4.74 Å². The van der Waals surface area contributed by atoms with E-state index in [1.54, 1.807) is 18.4 Å². The maximum atomic E-state index is 8.11. The van der Waals surface area contributed by atoms with Crippen molar-refractivity contribution in [1.29, 1.82) is 5.26 Å². The monoisotopic (exact) mass is 197 g/mol. The number of halogens is 1. The number of hydrogen-bond donors (Lipinski definition) is 0. The fraction of sp³-hybridized carbons (Fsp3) is 0. The number of nitriles is 1. The topological polar surface area (TPSA) is 33.0 Å². The number of ether oxygens (including phenoxy) is 1. The molecule has 1 rings (SSSR count). The molecule has 0 saturated heterocycles. The molecule has 0 bridgehead atoms. The second-order valence-electron chi connectivity index (χ2n) is 1.65. The zero-order valence-electron chi connectivity index (χ0n) is 5.04. The molecule has 0 aliphatic carbocycles. The Morgan fingerprint density at radius 2 is 1.90 bits per heavy atom. The summed E-state index contributed by atoms with van der Waals surface area (Å²) in [5.74, 6) is 0.561. The normalized spacial score (nSPS) is 8.40. The third-order valence-electron chi connectivity index (χ3n) is 0.977. The van der Waals surface area contributed by atoms with Crippen molar-refractivity contribution in [3.63, 3.8) is 0 Å². The van der Waals surface area contributed by atoms with Crippen LogP contribution in [0.2, 0.25) is 0 Å². The summed E-state index contributed by atoms with van der Waals surface area (Å²) in [7, 11) is 0. The summed E-state index contributed by atoms with van der Waals surface area (Å²) in [4.78, 5) is 0. The van der Waals surface area contributed by atoms with Crippen LogP contribution in [0.3, 0.4) is 0 Å². The smallest absolute Gasteiger partial charge is 0.292 e. The van der Waals surface area contributed by atoms with Crippen molar-refractivity contribution in [3.8, 4) is 12.0 Å². The minimum atomic E-state index is 0.561. The van der Waals surface area contributed by atoms with E-state index in [1.165, 1.54) is 0 Å². The van der Waals surface area contributed by atoms with Gasteiger partial charge in [-0.3, -0.25) is 0 Å². The highest BCUT2D eigenvalue weighted by Gasteiger charge is 1.89. The molecule has 0 aliphatic heterocycles. The number of nitrogens with zero attached hydrogens (tertiary/aromatic N) is 1. The molecule has 0 heterocycles.